The fraction of sp³-hybridized carbons (Fsp3) is 0. The fourth-order valence-corrected chi connectivity index (χ4v) is 0. The van der Waals surface area contributed by atoms with Crippen molar-refractivity contribution >= 4 is 20.8 Å². The molecule has 0 bridgehead atoms. The number of thiol groups is 1. The van der Waals surface area contributed by atoms with E-state index in [0.29, 0.717) is 0 Å². The van der Waals surface area contributed by atoms with Gasteiger partial charge in [0.05, 0.1) is 0 Å². The van der Waals surface area contributed by atoms with Crippen molar-refractivity contribution in [1.29, 1.82) is 0 Å². The molecule has 0 aromatic heterocycles. The van der Waals surface area contributed by atoms with Gasteiger partial charge in [-0.2, -0.15) is 8.42 Å². The standard InChI is InChI=1S/H2O3S2.Pd/c1-5(2,3)4;/h(H2,1,2,3,4);. The molecule has 0 aromatic rings. The Morgan fingerprint density at radius 2 is 1.50 bits per heavy atom. The van der Waals surface area contributed by atoms with Gasteiger partial charge in [0.1, 0.15) is 0 Å². The molecule has 0 aliphatic carbocycles. The SMILES string of the molecule is O=S(=O)(O)S.[Pd]. The smallest absolute Gasteiger partial charge is 0.277 e. The van der Waals surface area contributed by atoms with Crippen molar-refractivity contribution in [3.05, 3.63) is 0 Å². The molecule has 6 heteroatoms. The van der Waals surface area contributed by atoms with Gasteiger partial charge >= 0.3 is 9.15 Å². The summed E-state index contributed by atoms with van der Waals surface area (Å²) in [7, 11) is -3.97. The molecule has 0 aliphatic heterocycles. The van der Waals surface area contributed by atoms with Gasteiger partial charge in [-0.25, -0.2) is 0 Å². The van der Waals surface area contributed by atoms with Crippen LogP contribution in [0.5, 0.6) is 0 Å². The fourth-order valence-electron chi connectivity index (χ4n) is 0. The summed E-state index contributed by atoms with van der Waals surface area (Å²) < 4.78 is 25.5. The summed E-state index contributed by atoms with van der Waals surface area (Å²) in [6, 6.07) is 0. The molecular formula is H2O3PdS2. The molecule has 3 nitrogen and oxygen atoms in total. The van der Waals surface area contributed by atoms with Gasteiger partial charge in [-0.1, -0.05) is 0 Å². The van der Waals surface area contributed by atoms with E-state index < -0.39 is 9.15 Å². The predicted molar refractivity (Wildman–Crippen MR) is 20.5 cm³/mol. The first-order valence-electron chi connectivity index (χ1n) is 0.698. The molecule has 0 amide bonds. The average Bonchev–Trinajstić information content (AvgIpc) is 0.722. The van der Waals surface area contributed by atoms with E-state index in [-0.39, 0.29) is 20.4 Å². The summed E-state index contributed by atoms with van der Waals surface area (Å²) in [6.45, 7) is 0. The molecule has 42 valence electrons. The molecule has 0 saturated heterocycles. The van der Waals surface area contributed by atoms with Crippen LogP contribution in [-0.2, 0) is 29.6 Å². The van der Waals surface area contributed by atoms with Crippen molar-refractivity contribution in [2.75, 3.05) is 0 Å². The van der Waals surface area contributed by atoms with Crippen molar-refractivity contribution in [1.82, 2.24) is 0 Å². The summed E-state index contributed by atoms with van der Waals surface area (Å²) in [5, 5.41) is 0. The predicted octanol–water partition coefficient (Wildman–Crippen LogP) is -0.283. The Morgan fingerprint density at radius 1 is 1.50 bits per heavy atom. The maximum Gasteiger partial charge on any atom is 0.316 e. The van der Waals surface area contributed by atoms with E-state index in [9.17, 15) is 0 Å². The molecule has 0 unspecified atom stereocenters. The van der Waals surface area contributed by atoms with Crippen LogP contribution >= 0.6 is 11.7 Å². The van der Waals surface area contributed by atoms with Crippen LogP contribution in [0.1, 0.15) is 0 Å². The zero-order valence-electron chi connectivity index (χ0n) is 2.44. The normalized spacial score (nSPS) is 9.67. The number of hydrogen-bond acceptors (Lipinski definition) is 2. The molecule has 0 heterocycles. The van der Waals surface area contributed by atoms with Crippen LogP contribution < -0.4 is 0 Å². The number of hydrogen-bond donors (Lipinski definition) is 2. The molecule has 1 N–H and O–H groups in total. The molecule has 0 radical (unpaired) electrons. The summed E-state index contributed by atoms with van der Waals surface area (Å²) in [5.41, 5.74) is 0. The van der Waals surface area contributed by atoms with Gasteiger partial charge in [0.15, 0.2) is 0 Å². The Morgan fingerprint density at radius 3 is 1.50 bits per heavy atom. The molecule has 0 rings (SSSR count). The Hall–Kier alpha value is 0.922. The maximum absolute atomic E-state index is 9.05. The summed E-state index contributed by atoms with van der Waals surface area (Å²) in [4.78, 5) is 0. The van der Waals surface area contributed by atoms with Gasteiger partial charge in [-0.3, -0.25) is 4.55 Å². The van der Waals surface area contributed by atoms with Gasteiger partial charge in [-0.15, -0.1) is 0 Å². The van der Waals surface area contributed by atoms with Crippen molar-refractivity contribution in [3.63, 3.8) is 0 Å². The average molecular weight is 221 g/mol. The van der Waals surface area contributed by atoms with E-state index in [1.807, 2.05) is 0 Å². The first-order chi connectivity index (χ1) is 2.00. The Bertz CT molecular complexity index is 92.0. The van der Waals surface area contributed by atoms with E-state index >= 15 is 0 Å². The van der Waals surface area contributed by atoms with Crippen molar-refractivity contribution in [3.8, 4) is 0 Å². The molecule has 0 atom stereocenters. The third kappa shape index (κ3) is 89.0. The monoisotopic (exact) mass is 220 g/mol. The van der Waals surface area contributed by atoms with Crippen LogP contribution in [0, 0.1) is 0 Å². The zero-order chi connectivity index (χ0) is 4.50. The molecule has 0 fully saturated rings. The number of rotatable bonds is 0. The summed E-state index contributed by atoms with van der Waals surface area (Å²) in [5.74, 6) is 0. The van der Waals surface area contributed by atoms with E-state index in [1.54, 1.807) is 0 Å². The molecule has 0 aliphatic rings. The molecule has 0 saturated carbocycles. The topological polar surface area (TPSA) is 54.4 Å². The van der Waals surface area contributed by atoms with Gasteiger partial charge < -0.3 is 0 Å². The van der Waals surface area contributed by atoms with Crippen LogP contribution in [0.25, 0.3) is 0 Å². The third-order valence-corrected chi connectivity index (χ3v) is 0. The Balaban J connectivity index is 0. The molecule has 0 spiro atoms. The minimum atomic E-state index is -3.97. The van der Waals surface area contributed by atoms with E-state index in [1.165, 1.54) is 0 Å². The van der Waals surface area contributed by atoms with Crippen LogP contribution in [0.3, 0.4) is 0 Å². The van der Waals surface area contributed by atoms with Crippen LogP contribution in [0.15, 0.2) is 0 Å². The van der Waals surface area contributed by atoms with Crippen molar-refractivity contribution in [2.24, 2.45) is 0 Å². The third-order valence-electron chi connectivity index (χ3n) is 0. The van der Waals surface area contributed by atoms with Gasteiger partial charge in [-0.05, 0) is 11.7 Å². The van der Waals surface area contributed by atoms with E-state index in [2.05, 4.69) is 11.7 Å². The molecular weight excluding hydrogens is 219 g/mol. The van der Waals surface area contributed by atoms with Crippen LogP contribution in [0.2, 0.25) is 0 Å². The van der Waals surface area contributed by atoms with Gasteiger partial charge in [0.2, 0.25) is 0 Å². The quantitative estimate of drug-likeness (QED) is 0.255. The van der Waals surface area contributed by atoms with Crippen molar-refractivity contribution < 1.29 is 33.4 Å². The Labute approximate surface area is 54.3 Å². The molecule has 0 aromatic carbocycles. The maximum atomic E-state index is 9.05. The zero-order valence-corrected chi connectivity index (χ0v) is 5.70. The van der Waals surface area contributed by atoms with Gasteiger partial charge in [0, 0.05) is 20.4 Å². The first kappa shape index (κ1) is 10.0. The van der Waals surface area contributed by atoms with Gasteiger partial charge in [0.25, 0.3) is 0 Å². The second kappa shape index (κ2) is 2.99. The molecule has 6 heavy (non-hydrogen) atoms. The first-order valence-corrected chi connectivity index (χ1v) is 3.19. The second-order valence-electron chi connectivity index (χ2n) is 0.448. The van der Waals surface area contributed by atoms with Crippen LogP contribution in [0.4, 0.5) is 0 Å². The second-order valence-corrected chi connectivity index (χ2v) is 2.73. The summed E-state index contributed by atoms with van der Waals surface area (Å²) in [6.07, 6.45) is 0. The van der Waals surface area contributed by atoms with E-state index in [4.69, 9.17) is 13.0 Å². The summed E-state index contributed by atoms with van der Waals surface area (Å²) >= 11 is 2.65. The largest absolute Gasteiger partial charge is 0.316 e. The van der Waals surface area contributed by atoms with Crippen molar-refractivity contribution in [2.45, 2.75) is 0 Å². The Kier molecular flexibility index (Phi) is 5.00. The van der Waals surface area contributed by atoms with Crippen LogP contribution in [-0.4, -0.2) is 13.0 Å². The minimum Gasteiger partial charge on any atom is -0.277 e. The minimum absolute atomic E-state index is 0. The van der Waals surface area contributed by atoms with E-state index in [0.717, 1.165) is 0 Å².